The molecule has 18 heavy (non-hydrogen) atoms. The third kappa shape index (κ3) is 6.64. The number of rotatable bonds is 5. The van der Waals surface area contributed by atoms with Gasteiger partial charge in [-0.05, 0) is 27.0 Å². The van der Waals surface area contributed by atoms with Crippen LogP contribution >= 0.6 is 0 Å². The van der Waals surface area contributed by atoms with Crippen molar-refractivity contribution in [2.24, 2.45) is 5.16 Å². The molecule has 0 aromatic rings. The smallest absolute Gasteiger partial charge is 0.202 e. The van der Waals surface area contributed by atoms with Crippen molar-refractivity contribution in [3.05, 3.63) is 12.2 Å². The second-order valence-corrected chi connectivity index (χ2v) is 3.19. The summed E-state index contributed by atoms with van der Waals surface area (Å²) in [6, 6.07) is 0. The van der Waals surface area contributed by atoms with Crippen LogP contribution in [-0.4, -0.2) is 37.1 Å². The highest BCUT2D eigenvalue weighted by Crippen LogP contribution is 2.15. The lowest BCUT2D eigenvalue weighted by atomic mass is 10.3. The fourth-order valence-electron chi connectivity index (χ4n) is 1.49. The van der Waals surface area contributed by atoms with Crippen LogP contribution in [0.5, 0.6) is 0 Å². The topological polar surface area (TPSA) is 36.9 Å². The largest absolute Gasteiger partial charge is 0.368 e. The average molecular weight is 257 g/mol. The highest BCUT2D eigenvalue weighted by molar-refractivity contribution is 5.93. The van der Waals surface area contributed by atoms with Gasteiger partial charge in [-0.3, -0.25) is 0 Å². The SMILES string of the molecule is C/C=C/C1=NOC(CCNC)N1CC.CC.CC. The molecule has 1 heterocycles. The van der Waals surface area contributed by atoms with Crippen LogP contribution in [0.2, 0.25) is 0 Å². The van der Waals surface area contributed by atoms with Gasteiger partial charge < -0.3 is 15.1 Å². The van der Waals surface area contributed by atoms with Gasteiger partial charge in [0.25, 0.3) is 0 Å². The predicted octanol–water partition coefficient (Wildman–Crippen LogP) is 3.22. The molecule has 0 saturated heterocycles. The lowest BCUT2D eigenvalue weighted by Crippen LogP contribution is -2.36. The Hall–Kier alpha value is -1.03. The Morgan fingerprint density at radius 2 is 1.94 bits per heavy atom. The number of nitrogens with one attached hydrogen (secondary N) is 1. The number of hydrogen-bond acceptors (Lipinski definition) is 4. The predicted molar refractivity (Wildman–Crippen MR) is 80.7 cm³/mol. The number of likely N-dealkylation sites (N-methyl/N-ethyl adjacent to an activating group) is 1. The van der Waals surface area contributed by atoms with Crippen molar-refractivity contribution in [3.8, 4) is 0 Å². The number of hydrogen-bond donors (Lipinski definition) is 1. The van der Waals surface area contributed by atoms with E-state index in [1.807, 2.05) is 53.8 Å². The summed E-state index contributed by atoms with van der Waals surface area (Å²) >= 11 is 0. The first-order valence-corrected chi connectivity index (χ1v) is 7.11. The summed E-state index contributed by atoms with van der Waals surface area (Å²) in [4.78, 5) is 7.51. The molecule has 4 heteroatoms. The van der Waals surface area contributed by atoms with Crippen molar-refractivity contribution < 1.29 is 4.84 Å². The zero-order valence-electron chi connectivity index (χ0n) is 13.2. The van der Waals surface area contributed by atoms with E-state index in [0.29, 0.717) is 0 Å². The van der Waals surface area contributed by atoms with E-state index in [-0.39, 0.29) is 6.23 Å². The summed E-state index contributed by atoms with van der Waals surface area (Å²) in [7, 11) is 1.94. The second-order valence-electron chi connectivity index (χ2n) is 3.19. The van der Waals surface area contributed by atoms with Gasteiger partial charge in [-0.2, -0.15) is 0 Å². The standard InChI is InChI=1S/C10H19N3O.2C2H6/c1-4-6-9-12-14-10(7-8-11-3)13(9)5-2;2*1-2/h4,6,10-11H,5,7-8H2,1-3H3;2*1-2H3/b6-4+;;. The molecule has 1 atom stereocenters. The summed E-state index contributed by atoms with van der Waals surface area (Å²) in [5, 5.41) is 7.15. The van der Waals surface area contributed by atoms with E-state index < -0.39 is 0 Å². The van der Waals surface area contributed by atoms with E-state index in [1.165, 1.54) is 0 Å². The molecule has 1 aliphatic heterocycles. The Kier molecular flexibility index (Phi) is 15.1. The quantitative estimate of drug-likeness (QED) is 0.821. The van der Waals surface area contributed by atoms with E-state index in [9.17, 15) is 0 Å². The Bertz CT molecular complexity index is 227. The summed E-state index contributed by atoms with van der Waals surface area (Å²) in [6.45, 7) is 14.0. The van der Waals surface area contributed by atoms with Gasteiger partial charge in [0.2, 0.25) is 6.23 Å². The van der Waals surface area contributed by atoms with E-state index in [1.54, 1.807) is 0 Å². The molecule has 0 spiro atoms. The third-order valence-corrected chi connectivity index (χ3v) is 2.21. The highest BCUT2D eigenvalue weighted by atomic mass is 16.7. The van der Waals surface area contributed by atoms with E-state index in [0.717, 1.165) is 25.3 Å². The fourth-order valence-corrected chi connectivity index (χ4v) is 1.49. The molecule has 1 unspecified atom stereocenters. The highest BCUT2D eigenvalue weighted by Gasteiger charge is 2.26. The van der Waals surface area contributed by atoms with Crippen molar-refractivity contribution in [2.45, 2.75) is 54.2 Å². The first-order chi connectivity index (χ1) is 8.83. The van der Waals surface area contributed by atoms with Crippen LogP contribution in [0.4, 0.5) is 0 Å². The minimum atomic E-state index is 0.0960. The van der Waals surface area contributed by atoms with E-state index in [2.05, 4.69) is 22.3 Å². The lowest BCUT2D eigenvalue weighted by Gasteiger charge is -2.22. The number of amidine groups is 1. The van der Waals surface area contributed by atoms with Crippen LogP contribution in [-0.2, 0) is 4.84 Å². The molecule has 0 amide bonds. The molecule has 0 radical (unpaired) electrons. The first-order valence-electron chi connectivity index (χ1n) is 7.11. The molecule has 0 aromatic carbocycles. The van der Waals surface area contributed by atoms with Crippen LogP contribution in [0, 0.1) is 0 Å². The molecule has 0 saturated carbocycles. The third-order valence-electron chi connectivity index (χ3n) is 2.21. The molecule has 1 N–H and O–H groups in total. The first kappa shape index (κ1) is 19.3. The minimum Gasteiger partial charge on any atom is -0.368 e. The Labute approximate surface area is 113 Å². The maximum Gasteiger partial charge on any atom is 0.202 e. The summed E-state index contributed by atoms with van der Waals surface area (Å²) < 4.78 is 0. The van der Waals surface area contributed by atoms with E-state index in [4.69, 9.17) is 4.84 Å². The Balaban J connectivity index is 0. The molecular weight excluding hydrogens is 226 g/mol. The van der Waals surface area contributed by atoms with Gasteiger partial charge >= 0.3 is 0 Å². The molecule has 108 valence electrons. The average Bonchev–Trinajstić information content (AvgIpc) is 2.83. The van der Waals surface area contributed by atoms with Gasteiger partial charge in [0.05, 0.1) is 0 Å². The molecule has 0 aliphatic carbocycles. The van der Waals surface area contributed by atoms with Crippen LogP contribution in [0.1, 0.15) is 48.0 Å². The van der Waals surface area contributed by atoms with Crippen molar-refractivity contribution in [2.75, 3.05) is 20.1 Å². The van der Waals surface area contributed by atoms with Crippen LogP contribution < -0.4 is 5.32 Å². The van der Waals surface area contributed by atoms with Crippen LogP contribution in [0.3, 0.4) is 0 Å². The van der Waals surface area contributed by atoms with E-state index >= 15 is 0 Å². The van der Waals surface area contributed by atoms with Crippen LogP contribution in [0.25, 0.3) is 0 Å². The minimum absolute atomic E-state index is 0.0960. The molecule has 1 aliphatic rings. The number of nitrogens with zero attached hydrogens (tertiary/aromatic N) is 2. The maximum absolute atomic E-state index is 5.35. The van der Waals surface area contributed by atoms with Gasteiger partial charge in [0, 0.05) is 19.5 Å². The van der Waals surface area contributed by atoms with Crippen LogP contribution in [0.15, 0.2) is 17.3 Å². The Morgan fingerprint density at radius 1 is 1.33 bits per heavy atom. The Morgan fingerprint density at radius 3 is 2.39 bits per heavy atom. The monoisotopic (exact) mass is 257 g/mol. The van der Waals surface area contributed by atoms with Gasteiger partial charge in [-0.1, -0.05) is 38.9 Å². The lowest BCUT2D eigenvalue weighted by molar-refractivity contribution is 0.00749. The zero-order valence-corrected chi connectivity index (χ0v) is 13.2. The normalized spacial score (nSPS) is 17.4. The van der Waals surface area contributed by atoms with Crippen molar-refractivity contribution >= 4 is 5.84 Å². The second kappa shape index (κ2) is 14.0. The van der Waals surface area contributed by atoms with Gasteiger partial charge in [0.15, 0.2) is 5.84 Å². The van der Waals surface area contributed by atoms with Gasteiger partial charge in [-0.25, -0.2) is 0 Å². The molecule has 0 fully saturated rings. The molecule has 0 aromatic heterocycles. The zero-order chi connectivity index (χ0) is 14.4. The summed E-state index contributed by atoms with van der Waals surface area (Å²) in [5.41, 5.74) is 0. The van der Waals surface area contributed by atoms with Crippen molar-refractivity contribution in [1.29, 1.82) is 0 Å². The molecule has 1 rings (SSSR count). The molecule has 4 nitrogen and oxygen atoms in total. The summed E-state index contributed by atoms with van der Waals surface area (Å²) in [6.07, 6.45) is 5.00. The summed E-state index contributed by atoms with van der Waals surface area (Å²) in [5.74, 6) is 0.927. The fraction of sp³-hybridized carbons (Fsp3) is 0.786. The van der Waals surface area contributed by atoms with Crippen molar-refractivity contribution in [3.63, 3.8) is 0 Å². The van der Waals surface area contributed by atoms with Gasteiger partial charge in [-0.15, -0.1) is 0 Å². The molecular formula is C14H31N3O. The van der Waals surface area contributed by atoms with Gasteiger partial charge in [0.1, 0.15) is 0 Å². The number of allylic oxidation sites excluding steroid dienone is 1. The maximum atomic E-state index is 5.35. The number of oxime groups is 1. The molecule has 0 bridgehead atoms. The van der Waals surface area contributed by atoms with Crippen molar-refractivity contribution in [1.82, 2.24) is 10.2 Å².